The maximum Gasteiger partial charge on any atom is 0.737 e. The minimum absolute atomic E-state index is 0.0576. The van der Waals surface area contributed by atoms with E-state index in [1.54, 1.807) is 42.5 Å². The fourth-order valence-corrected chi connectivity index (χ4v) is 3.69. The summed E-state index contributed by atoms with van der Waals surface area (Å²) in [5.74, 6) is -1.01. The monoisotopic (exact) mass is 392 g/mol. The van der Waals surface area contributed by atoms with Gasteiger partial charge in [-0.15, -0.1) is 0 Å². The summed E-state index contributed by atoms with van der Waals surface area (Å²) in [6.07, 6.45) is 12.0. The molecular weight excluding hydrogens is 373 g/mol. The van der Waals surface area contributed by atoms with E-state index in [2.05, 4.69) is 0 Å². The Morgan fingerprint density at radius 3 is 2.59 bits per heavy atom. The molecule has 0 radical (unpaired) electrons. The van der Waals surface area contributed by atoms with Gasteiger partial charge in [-0.2, -0.15) is 0 Å². The fraction of sp³-hybridized carbons (Fsp3) is 0.0909. The van der Waals surface area contributed by atoms with Crippen LogP contribution in [0.25, 0.3) is 12.2 Å². The van der Waals surface area contributed by atoms with Crippen molar-refractivity contribution in [2.24, 2.45) is 0 Å². The van der Waals surface area contributed by atoms with E-state index < -0.39 is 12.9 Å². The number of nitrogens with zero attached hydrogens (tertiary/aromatic N) is 2. The predicted molar refractivity (Wildman–Crippen MR) is 111 cm³/mol. The highest BCUT2D eigenvalue weighted by molar-refractivity contribution is 6.58. The van der Waals surface area contributed by atoms with Gasteiger partial charge in [-0.25, -0.2) is 0 Å². The largest absolute Gasteiger partial charge is 0.737 e. The summed E-state index contributed by atoms with van der Waals surface area (Å²) in [5, 5.41) is 8.90. The van der Waals surface area contributed by atoms with Crippen LogP contribution in [-0.4, -0.2) is 32.7 Å². The second-order valence-corrected chi connectivity index (χ2v) is 6.93. The predicted octanol–water partition coefficient (Wildman–Crippen LogP) is 4.38. The fourth-order valence-electron chi connectivity index (χ4n) is 3.69. The molecule has 1 N–H and O–H groups in total. The first-order chi connectivity index (χ1) is 14.0. The summed E-state index contributed by atoms with van der Waals surface area (Å²) in [4.78, 5) is 10.9. The van der Waals surface area contributed by atoms with Gasteiger partial charge in [-0.3, -0.25) is 4.79 Å². The van der Waals surface area contributed by atoms with Gasteiger partial charge >= 0.3 is 12.9 Å². The van der Waals surface area contributed by atoms with E-state index in [0.717, 1.165) is 14.5 Å². The van der Waals surface area contributed by atoms with Crippen molar-refractivity contribution in [3.8, 4) is 0 Å². The number of rotatable bonds is 6. The van der Waals surface area contributed by atoms with Crippen LogP contribution in [0.4, 0.5) is 8.63 Å². The number of fused-ring (bicyclic) bond motifs is 2. The Kier molecular flexibility index (Phi) is 4.88. The quantitative estimate of drug-likeness (QED) is 0.586. The van der Waals surface area contributed by atoms with Crippen molar-refractivity contribution in [2.45, 2.75) is 12.8 Å². The molecule has 2 aliphatic heterocycles. The number of aliphatic carboxylic acids is 1. The molecule has 29 heavy (non-hydrogen) atoms. The smallest absolute Gasteiger partial charge is 0.481 e. The van der Waals surface area contributed by atoms with Crippen LogP contribution in [0.2, 0.25) is 0 Å². The molecule has 2 aliphatic rings. The minimum atomic E-state index is -4.12. The molecule has 0 bridgehead atoms. The molecule has 0 atom stereocenters. The van der Waals surface area contributed by atoms with Crippen molar-refractivity contribution < 1.29 is 23.0 Å². The molecular formula is C22H19BF2N2O2. The number of hydrogen-bond donors (Lipinski definition) is 1. The van der Waals surface area contributed by atoms with E-state index in [1.807, 2.05) is 42.5 Å². The van der Waals surface area contributed by atoms with E-state index >= 15 is 8.63 Å². The van der Waals surface area contributed by atoms with E-state index in [1.165, 1.54) is 0 Å². The molecule has 0 aliphatic carbocycles. The molecule has 146 valence electrons. The lowest BCUT2D eigenvalue weighted by molar-refractivity contribution is -0.360. The van der Waals surface area contributed by atoms with E-state index in [0.29, 0.717) is 22.8 Å². The molecule has 4 nitrogen and oxygen atoms in total. The van der Waals surface area contributed by atoms with E-state index in [-0.39, 0.29) is 12.8 Å². The zero-order valence-corrected chi connectivity index (χ0v) is 15.6. The number of halogens is 2. The lowest BCUT2D eigenvalue weighted by Gasteiger charge is -2.30. The van der Waals surface area contributed by atoms with Crippen LogP contribution in [0.3, 0.4) is 0 Å². The normalized spacial score (nSPS) is 17.1. The number of allylic oxidation sites excluding steroid dienone is 5. The molecule has 7 heteroatoms. The van der Waals surface area contributed by atoms with Crippen LogP contribution >= 0.6 is 0 Å². The minimum Gasteiger partial charge on any atom is -0.481 e. The van der Waals surface area contributed by atoms with Gasteiger partial charge in [-0.05, 0) is 29.8 Å². The maximum atomic E-state index is 15.4. The van der Waals surface area contributed by atoms with E-state index in [9.17, 15) is 4.79 Å². The van der Waals surface area contributed by atoms with Crippen molar-refractivity contribution in [3.63, 3.8) is 0 Å². The molecule has 2 aromatic rings. The van der Waals surface area contributed by atoms with Gasteiger partial charge in [0, 0.05) is 30.0 Å². The number of aryl methyl sites for hydroxylation is 1. The molecule has 0 saturated heterocycles. The van der Waals surface area contributed by atoms with Gasteiger partial charge in [0.15, 0.2) is 11.4 Å². The topological polar surface area (TPSA) is 45.2 Å². The van der Waals surface area contributed by atoms with Gasteiger partial charge in [0.2, 0.25) is 0 Å². The van der Waals surface area contributed by atoms with Crippen molar-refractivity contribution in [3.05, 3.63) is 95.5 Å². The number of aromatic nitrogens is 1. The summed E-state index contributed by atoms with van der Waals surface area (Å²) in [6, 6.07) is 12.9. The van der Waals surface area contributed by atoms with Crippen molar-refractivity contribution in [1.82, 2.24) is 4.48 Å². The Morgan fingerprint density at radius 2 is 1.83 bits per heavy atom. The summed E-state index contributed by atoms with van der Waals surface area (Å²) in [5.41, 5.74) is 2.55. The number of carboxylic acids is 1. The van der Waals surface area contributed by atoms with Crippen LogP contribution in [0, 0.1) is 0 Å². The Hall–Kier alpha value is -3.48. The Morgan fingerprint density at radius 1 is 1.07 bits per heavy atom. The summed E-state index contributed by atoms with van der Waals surface area (Å²) < 4.78 is 32.9. The summed E-state index contributed by atoms with van der Waals surface area (Å²) in [7, 11) is 0. The van der Waals surface area contributed by atoms with Gasteiger partial charge < -0.3 is 22.7 Å². The highest BCUT2D eigenvalue weighted by Crippen LogP contribution is 2.32. The third-order valence-corrected chi connectivity index (χ3v) is 4.99. The van der Waals surface area contributed by atoms with Crippen LogP contribution in [0.5, 0.6) is 0 Å². The Balaban J connectivity index is 1.64. The molecule has 3 heterocycles. The highest BCUT2D eigenvalue weighted by Gasteiger charge is 2.52. The van der Waals surface area contributed by atoms with Crippen molar-refractivity contribution >= 4 is 30.8 Å². The average molecular weight is 392 g/mol. The third kappa shape index (κ3) is 3.63. The standard InChI is InChI=1S/C22H19BF2N2O2/c24-23(25)26-18(9-5-4-8-17-6-2-1-3-7-17)10-12-20(26)16-21-13-11-19(27(21)23)14-15-22(28)29/h1-13,16H,14-15H2,(H,28,29). The molecule has 0 amide bonds. The zero-order chi connectivity index (χ0) is 20.4. The summed E-state index contributed by atoms with van der Waals surface area (Å²) >= 11 is 0. The Labute approximate surface area is 167 Å². The molecule has 0 saturated carbocycles. The number of carboxylic acid groups (broad SMARTS) is 1. The van der Waals surface area contributed by atoms with Crippen molar-refractivity contribution in [2.75, 3.05) is 0 Å². The molecule has 1 aromatic heterocycles. The molecule has 1 aromatic carbocycles. The second kappa shape index (κ2) is 7.51. The second-order valence-electron chi connectivity index (χ2n) is 6.93. The zero-order valence-electron chi connectivity index (χ0n) is 15.6. The molecule has 4 rings (SSSR count). The summed E-state index contributed by atoms with van der Waals surface area (Å²) in [6.45, 7) is -4.12. The molecule has 0 unspecified atom stereocenters. The van der Waals surface area contributed by atoms with Gasteiger partial charge in [0.05, 0.1) is 6.42 Å². The Bertz CT molecular complexity index is 1110. The highest BCUT2D eigenvalue weighted by atomic mass is 19.2. The van der Waals surface area contributed by atoms with Crippen LogP contribution < -0.4 is 0 Å². The van der Waals surface area contributed by atoms with Crippen molar-refractivity contribution in [1.29, 1.82) is 0 Å². The van der Waals surface area contributed by atoms with E-state index in [4.69, 9.17) is 5.11 Å². The number of benzene rings is 1. The maximum absolute atomic E-state index is 15.4. The van der Waals surface area contributed by atoms with Gasteiger partial charge in [-0.1, -0.05) is 48.6 Å². The first-order valence-corrected chi connectivity index (χ1v) is 9.37. The van der Waals surface area contributed by atoms with Crippen LogP contribution in [0.1, 0.15) is 23.4 Å². The lowest BCUT2D eigenvalue weighted by Crippen LogP contribution is -2.50. The SMILES string of the molecule is O=C(O)CCc1ccc2n1[B-](F)(F)[N+]1=C(C=CC=Cc3ccccc3)C=CC1=C2. The van der Waals surface area contributed by atoms with Crippen LogP contribution in [-0.2, 0) is 11.2 Å². The molecule has 0 spiro atoms. The number of hydrogen-bond acceptors (Lipinski definition) is 1. The third-order valence-electron chi connectivity index (χ3n) is 4.99. The first-order valence-electron chi connectivity index (χ1n) is 9.37. The van der Waals surface area contributed by atoms with Crippen LogP contribution in [0.15, 0.2) is 78.5 Å². The van der Waals surface area contributed by atoms with Gasteiger partial charge in [0.1, 0.15) is 0 Å². The average Bonchev–Trinajstić information content (AvgIpc) is 3.30. The van der Waals surface area contributed by atoms with Gasteiger partial charge in [0.25, 0.3) is 0 Å². The lowest BCUT2D eigenvalue weighted by atomic mass is 9.90. The molecule has 0 fully saturated rings. The first kappa shape index (κ1) is 18.9. The number of carbonyl (C=O) groups is 1.